The number of aliphatic hydroxyl groups excluding tert-OH is 1. The van der Waals surface area contributed by atoms with Crippen molar-refractivity contribution in [3.63, 3.8) is 0 Å². The van der Waals surface area contributed by atoms with Gasteiger partial charge in [-0.2, -0.15) is 0 Å². The monoisotopic (exact) mass is 284 g/mol. The molecule has 0 saturated heterocycles. The molecule has 0 radical (unpaired) electrons. The summed E-state index contributed by atoms with van der Waals surface area (Å²) in [5.41, 5.74) is 1.57. The summed E-state index contributed by atoms with van der Waals surface area (Å²) in [5, 5.41) is 19.8. The van der Waals surface area contributed by atoms with Gasteiger partial charge in [-0.05, 0) is 23.3 Å². The molecule has 2 N–H and O–H groups in total. The summed E-state index contributed by atoms with van der Waals surface area (Å²) in [6, 6.07) is 12.3. The fourth-order valence-corrected chi connectivity index (χ4v) is 1.96. The number of carbonyl (C=O) groups is 1. The van der Waals surface area contributed by atoms with Gasteiger partial charge in [0.15, 0.2) is 17.8 Å². The lowest BCUT2D eigenvalue weighted by Gasteiger charge is -2.08. The van der Waals surface area contributed by atoms with Crippen LogP contribution in [0.25, 0.3) is 6.08 Å². The standard InChI is InChI=1S/C17H16O4/c1-21-16-10-12(9-14(11-18)17(16)20)7-8-15(19)13-5-3-2-4-6-13/h2-11,15,19-20H,1H3/b8-7+. The minimum absolute atomic E-state index is 0.142. The SMILES string of the molecule is COc1cc(/C=C/C(O)c2ccccc2)cc(C=O)c1O. The lowest BCUT2D eigenvalue weighted by Crippen LogP contribution is -1.93. The Bertz CT molecular complexity index is 647. The highest BCUT2D eigenvalue weighted by atomic mass is 16.5. The molecule has 108 valence electrons. The van der Waals surface area contributed by atoms with Gasteiger partial charge in [-0.25, -0.2) is 0 Å². The molecule has 1 atom stereocenters. The molecule has 0 aliphatic carbocycles. The zero-order valence-electron chi connectivity index (χ0n) is 11.6. The van der Waals surface area contributed by atoms with E-state index < -0.39 is 6.10 Å². The Kier molecular flexibility index (Phi) is 4.74. The number of aliphatic hydroxyl groups is 1. The predicted molar refractivity (Wildman–Crippen MR) is 80.5 cm³/mol. The number of phenols is 1. The largest absolute Gasteiger partial charge is 0.504 e. The minimum atomic E-state index is -0.745. The molecule has 0 heterocycles. The molecule has 0 fully saturated rings. The van der Waals surface area contributed by atoms with Crippen LogP contribution in [0.5, 0.6) is 11.5 Å². The van der Waals surface area contributed by atoms with Crippen molar-refractivity contribution in [2.24, 2.45) is 0 Å². The summed E-state index contributed by atoms with van der Waals surface area (Å²) < 4.78 is 5.01. The molecular weight excluding hydrogens is 268 g/mol. The Labute approximate surface area is 122 Å². The molecule has 0 aromatic heterocycles. The van der Waals surface area contributed by atoms with Crippen LogP contribution in [0.3, 0.4) is 0 Å². The van der Waals surface area contributed by atoms with E-state index in [0.717, 1.165) is 5.56 Å². The smallest absolute Gasteiger partial charge is 0.168 e. The molecule has 2 aromatic carbocycles. The van der Waals surface area contributed by atoms with Gasteiger partial charge >= 0.3 is 0 Å². The molecule has 2 aromatic rings. The van der Waals surface area contributed by atoms with Crippen molar-refractivity contribution in [1.29, 1.82) is 0 Å². The van der Waals surface area contributed by atoms with Gasteiger partial charge in [0.1, 0.15) is 0 Å². The molecule has 0 amide bonds. The van der Waals surface area contributed by atoms with E-state index in [4.69, 9.17) is 4.74 Å². The van der Waals surface area contributed by atoms with Crippen molar-refractivity contribution >= 4 is 12.4 Å². The van der Waals surface area contributed by atoms with Gasteiger partial charge < -0.3 is 14.9 Å². The summed E-state index contributed by atoms with van der Waals surface area (Å²) in [7, 11) is 1.41. The van der Waals surface area contributed by atoms with E-state index in [-0.39, 0.29) is 17.1 Å². The first-order valence-corrected chi connectivity index (χ1v) is 6.43. The van der Waals surface area contributed by atoms with Crippen LogP contribution in [-0.4, -0.2) is 23.6 Å². The first-order valence-electron chi connectivity index (χ1n) is 6.43. The average molecular weight is 284 g/mol. The van der Waals surface area contributed by atoms with E-state index in [9.17, 15) is 15.0 Å². The molecule has 1 unspecified atom stereocenters. The normalized spacial score (nSPS) is 12.3. The van der Waals surface area contributed by atoms with Gasteiger partial charge in [0.05, 0.1) is 18.8 Å². The van der Waals surface area contributed by atoms with E-state index >= 15 is 0 Å². The summed E-state index contributed by atoms with van der Waals surface area (Å²) in [6.07, 6.45) is 3.09. The van der Waals surface area contributed by atoms with E-state index in [1.807, 2.05) is 30.3 Å². The van der Waals surface area contributed by atoms with Gasteiger partial charge in [-0.3, -0.25) is 4.79 Å². The number of carbonyl (C=O) groups excluding carboxylic acids is 1. The summed E-state index contributed by atoms with van der Waals surface area (Å²) in [4.78, 5) is 10.9. The maximum Gasteiger partial charge on any atom is 0.168 e. The van der Waals surface area contributed by atoms with Crippen molar-refractivity contribution in [3.8, 4) is 11.5 Å². The van der Waals surface area contributed by atoms with Gasteiger partial charge in [-0.15, -0.1) is 0 Å². The molecule has 0 aliphatic heterocycles. The van der Waals surface area contributed by atoms with Gasteiger partial charge in [0.25, 0.3) is 0 Å². The molecule has 0 spiro atoms. The number of hydrogen-bond donors (Lipinski definition) is 2. The first-order chi connectivity index (χ1) is 10.2. The highest BCUT2D eigenvalue weighted by Crippen LogP contribution is 2.31. The molecule has 0 bridgehead atoms. The van der Waals surface area contributed by atoms with Crippen LogP contribution in [0.15, 0.2) is 48.5 Å². The number of aldehydes is 1. The lowest BCUT2D eigenvalue weighted by molar-refractivity contribution is 0.112. The van der Waals surface area contributed by atoms with Crippen molar-refractivity contribution in [3.05, 3.63) is 65.2 Å². The van der Waals surface area contributed by atoms with Crippen molar-refractivity contribution in [1.82, 2.24) is 0 Å². The topological polar surface area (TPSA) is 66.8 Å². The molecule has 4 nitrogen and oxygen atoms in total. The second-order valence-electron chi connectivity index (χ2n) is 4.49. The maximum atomic E-state index is 10.9. The second kappa shape index (κ2) is 6.72. The Balaban J connectivity index is 2.27. The number of phenolic OH excluding ortho intramolecular Hbond substituents is 1. The number of rotatable bonds is 5. The van der Waals surface area contributed by atoms with Crippen LogP contribution in [-0.2, 0) is 0 Å². The highest BCUT2D eigenvalue weighted by Gasteiger charge is 2.09. The third kappa shape index (κ3) is 3.49. The molecule has 2 rings (SSSR count). The third-order valence-electron chi connectivity index (χ3n) is 3.09. The number of methoxy groups -OCH3 is 1. The first kappa shape index (κ1) is 14.8. The van der Waals surface area contributed by atoms with Gasteiger partial charge in [0.2, 0.25) is 0 Å². The Morgan fingerprint density at radius 1 is 1.19 bits per heavy atom. The summed E-state index contributed by atoms with van der Waals surface area (Å²) in [6.45, 7) is 0. The van der Waals surface area contributed by atoms with Crippen LogP contribution >= 0.6 is 0 Å². The molecule has 0 aliphatic rings. The van der Waals surface area contributed by atoms with E-state index in [1.54, 1.807) is 18.2 Å². The van der Waals surface area contributed by atoms with Crippen molar-refractivity contribution < 1.29 is 19.7 Å². The number of aromatic hydroxyl groups is 1. The van der Waals surface area contributed by atoms with E-state index in [1.165, 1.54) is 13.2 Å². The fourth-order valence-electron chi connectivity index (χ4n) is 1.96. The quantitative estimate of drug-likeness (QED) is 0.828. The van der Waals surface area contributed by atoms with Crippen LogP contribution in [0.2, 0.25) is 0 Å². The van der Waals surface area contributed by atoms with Crippen LogP contribution < -0.4 is 4.74 Å². The molecule has 0 saturated carbocycles. The van der Waals surface area contributed by atoms with E-state index in [0.29, 0.717) is 11.8 Å². The highest BCUT2D eigenvalue weighted by molar-refractivity contribution is 5.82. The van der Waals surface area contributed by atoms with Crippen molar-refractivity contribution in [2.75, 3.05) is 7.11 Å². The average Bonchev–Trinajstić information content (AvgIpc) is 2.54. The third-order valence-corrected chi connectivity index (χ3v) is 3.09. The molecule has 4 heteroatoms. The molecular formula is C17H16O4. The zero-order valence-corrected chi connectivity index (χ0v) is 11.6. The van der Waals surface area contributed by atoms with Crippen molar-refractivity contribution in [2.45, 2.75) is 6.10 Å². The lowest BCUT2D eigenvalue weighted by atomic mass is 10.1. The minimum Gasteiger partial charge on any atom is -0.504 e. The van der Waals surface area contributed by atoms with Crippen LogP contribution in [0.4, 0.5) is 0 Å². The van der Waals surface area contributed by atoms with Gasteiger partial charge in [-0.1, -0.05) is 42.5 Å². The van der Waals surface area contributed by atoms with E-state index in [2.05, 4.69) is 0 Å². The second-order valence-corrected chi connectivity index (χ2v) is 4.49. The Hall–Kier alpha value is -2.59. The Morgan fingerprint density at radius 3 is 2.52 bits per heavy atom. The fraction of sp³-hybridized carbons (Fsp3) is 0.118. The zero-order chi connectivity index (χ0) is 15.2. The van der Waals surface area contributed by atoms with Gasteiger partial charge in [0, 0.05) is 0 Å². The molecule has 21 heavy (non-hydrogen) atoms. The number of benzene rings is 2. The van der Waals surface area contributed by atoms with Crippen LogP contribution in [0, 0.1) is 0 Å². The maximum absolute atomic E-state index is 10.9. The predicted octanol–water partition coefficient (Wildman–Crippen LogP) is 2.96. The summed E-state index contributed by atoms with van der Waals surface area (Å²) in [5.74, 6) is 0.0294. The number of hydrogen-bond acceptors (Lipinski definition) is 4. The van der Waals surface area contributed by atoms with Crippen LogP contribution in [0.1, 0.15) is 27.6 Å². The Morgan fingerprint density at radius 2 is 1.90 bits per heavy atom. The number of ether oxygens (including phenoxy) is 1. The summed E-state index contributed by atoms with van der Waals surface area (Å²) >= 11 is 0.